The van der Waals surface area contributed by atoms with E-state index < -0.39 is 0 Å². The summed E-state index contributed by atoms with van der Waals surface area (Å²) in [4.78, 5) is 2.53. The predicted octanol–water partition coefficient (Wildman–Crippen LogP) is 2.42. The number of nitrogens with zero attached hydrogens (tertiary/aromatic N) is 1. The zero-order valence-electron chi connectivity index (χ0n) is 9.04. The molecule has 1 saturated heterocycles. The highest BCUT2D eigenvalue weighted by atomic mass is 79.9. The summed E-state index contributed by atoms with van der Waals surface area (Å²) in [6.07, 6.45) is 0. The number of hydrogen-bond donors (Lipinski definition) is 1. The van der Waals surface area contributed by atoms with Gasteiger partial charge in [-0.3, -0.25) is 4.90 Å². The Bertz CT molecular complexity index is 321. The van der Waals surface area contributed by atoms with Crippen molar-refractivity contribution in [2.75, 3.05) is 26.2 Å². The summed E-state index contributed by atoms with van der Waals surface area (Å²) in [5.74, 6) is 0. The number of rotatable bonds is 2. The van der Waals surface area contributed by atoms with Gasteiger partial charge in [-0.1, -0.05) is 28.1 Å². The highest BCUT2D eigenvalue weighted by Gasteiger charge is 2.17. The smallest absolute Gasteiger partial charge is 0.0321 e. The lowest BCUT2D eigenvalue weighted by Crippen LogP contribution is -2.44. The Labute approximate surface area is 99.8 Å². The summed E-state index contributed by atoms with van der Waals surface area (Å²) in [5.41, 5.74) is 1.39. The van der Waals surface area contributed by atoms with Crippen LogP contribution in [0.1, 0.15) is 18.5 Å². The van der Waals surface area contributed by atoms with Gasteiger partial charge >= 0.3 is 0 Å². The molecule has 0 bridgehead atoms. The molecular formula is C12H17BrN2. The van der Waals surface area contributed by atoms with Gasteiger partial charge in [-0.05, 0) is 24.6 Å². The molecule has 15 heavy (non-hydrogen) atoms. The molecule has 2 rings (SSSR count). The van der Waals surface area contributed by atoms with E-state index >= 15 is 0 Å². The maximum atomic E-state index is 3.52. The van der Waals surface area contributed by atoms with Crippen LogP contribution in [-0.4, -0.2) is 31.1 Å². The molecule has 1 heterocycles. The van der Waals surface area contributed by atoms with Gasteiger partial charge in [0.2, 0.25) is 0 Å². The highest BCUT2D eigenvalue weighted by Crippen LogP contribution is 2.23. The molecule has 0 spiro atoms. The summed E-state index contributed by atoms with van der Waals surface area (Å²) in [6, 6.07) is 9.13. The molecule has 1 aromatic carbocycles. The highest BCUT2D eigenvalue weighted by molar-refractivity contribution is 9.10. The minimum Gasteiger partial charge on any atom is -0.314 e. The molecule has 0 amide bonds. The van der Waals surface area contributed by atoms with Crippen molar-refractivity contribution in [3.8, 4) is 0 Å². The van der Waals surface area contributed by atoms with Gasteiger partial charge in [-0.25, -0.2) is 0 Å². The third-order valence-electron chi connectivity index (χ3n) is 3.03. The van der Waals surface area contributed by atoms with E-state index in [1.54, 1.807) is 0 Å². The standard InChI is InChI=1S/C12H17BrN2/c1-10(15-7-5-14-6-8-15)11-3-2-4-12(13)9-11/h2-4,9-10,14H,5-8H2,1H3. The Morgan fingerprint density at radius 1 is 1.33 bits per heavy atom. The zero-order chi connectivity index (χ0) is 10.7. The predicted molar refractivity (Wildman–Crippen MR) is 67.0 cm³/mol. The van der Waals surface area contributed by atoms with Gasteiger partial charge in [0.25, 0.3) is 0 Å². The lowest BCUT2D eigenvalue weighted by molar-refractivity contribution is 0.185. The minimum atomic E-state index is 0.518. The van der Waals surface area contributed by atoms with Gasteiger partial charge in [-0.15, -0.1) is 0 Å². The normalized spacial score (nSPS) is 20.1. The fraction of sp³-hybridized carbons (Fsp3) is 0.500. The molecule has 0 aromatic heterocycles. The van der Waals surface area contributed by atoms with E-state index in [0.29, 0.717) is 6.04 Å². The van der Waals surface area contributed by atoms with Gasteiger partial charge in [-0.2, -0.15) is 0 Å². The van der Waals surface area contributed by atoms with Crippen LogP contribution in [0.4, 0.5) is 0 Å². The van der Waals surface area contributed by atoms with Crippen LogP contribution in [0, 0.1) is 0 Å². The molecule has 0 saturated carbocycles. The van der Waals surface area contributed by atoms with E-state index in [1.807, 2.05) is 0 Å². The summed E-state index contributed by atoms with van der Waals surface area (Å²) in [6.45, 7) is 6.80. The number of piperazine rings is 1. The van der Waals surface area contributed by atoms with Gasteiger partial charge in [0.05, 0.1) is 0 Å². The number of nitrogens with one attached hydrogen (secondary N) is 1. The van der Waals surface area contributed by atoms with Crippen LogP contribution in [-0.2, 0) is 0 Å². The monoisotopic (exact) mass is 268 g/mol. The van der Waals surface area contributed by atoms with Crippen molar-refractivity contribution >= 4 is 15.9 Å². The largest absolute Gasteiger partial charge is 0.314 e. The molecule has 3 heteroatoms. The summed E-state index contributed by atoms with van der Waals surface area (Å²) in [5, 5.41) is 3.38. The Kier molecular flexibility index (Phi) is 3.78. The summed E-state index contributed by atoms with van der Waals surface area (Å²) < 4.78 is 1.17. The second kappa shape index (κ2) is 5.10. The lowest BCUT2D eigenvalue weighted by Gasteiger charge is -2.33. The molecule has 0 radical (unpaired) electrons. The van der Waals surface area contributed by atoms with E-state index in [9.17, 15) is 0 Å². The van der Waals surface area contributed by atoms with Crippen LogP contribution in [0.25, 0.3) is 0 Å². The fourth-order valence-electron chi connectivity index (χ4n) is 2.05. The van der Waals surface area contributed by atoms with Crippen molar-refractivity contribution in [1.29, 1.82) is 0 Å². The van der Waals surface area contributed by atoms with Crippen molar-refractivity contribution in [2.24, 2.45) is 0 Å². The van der Waals surface area contributed by atoms with Crippen LogP contribution in [0.2, 0.25) is 0 Å². The van der Waals surface area contributed by atoms with E-state index in [-0.39, 0.29) is 0 Å². The molecule has 82 valence electrons. The molecule has 1 aromatic rings. The van der Waals surface area contributed by atoms with E-state index in [4.69, 9.17) is 0 Å². The van der Waals surface area contributed by atoms with E-state index in [2.05, 4.69) is 57.3 Å². The quantitative estimate of drug-likeness (QED) is 0.887. The first-order valence-electron chi connectivity index (χ1n) is 5.47. The average molecular weight is 269 g/mol. The first-order chi connectivity index (χ1) is 7.27. The molecule has 1 fully saturated rings. The molecule has 1 atom stereocenters. The van der Waals surface area contributed by atoms with Gasteiger partial charge in [0, 0.05) is 36.7 Å². The van der Waals surface area contributed by atoms with Crippen LogP contribution < -0.4 is 5.32 Å². The second-order valence-electron chi connectivity index (χ2n) is 4.02. The van der Waals surface area contributed by atoms with Crippen molar-refractivity contribution in [2.45, 2.75) is 13.0 Å². The molecule has 0 aliphatic carbocycles. The third kappa shape index (κ3) is 2.80. The molecular weight excluding hydrogens is 252 g/mol. The lowest BCUT2D eigenvalue weighted by atomic mass is 10.1. The summed E-state index contributed by atoms with van der Waals surface area (Å²) in [7, 11) is 0. The Morgan fingerprint density at radius 3 is 2.73 bits per heavy atom. The van der Waals surface area contributed by atoms with Crippen molar-refractivity contribution < 1.29 is 0 Å². The fourth-order valence-corrected chi connectivity index (χ4v) is 2.46. The van der Waals surface area contributed by atoms with Crippen LogP contribution in [0.3, 0.4) is 0 Å². The Hall–Kier alpha value is -0.380. The number of hydrogen-bond acceptors (Lipinski definition) is 2. The number of benzene rings is 1. The van der Waals surface area contributed by atoms with Crippen molar-refractivity contribution in [3.05, 3.63) is 34.3 Å². The molecule has 1 N–H and O–H groups in total. The summed E-state index contributed by atoms with van der Waals surface area (Å²) >= 11 is 3.52. The topological polar surface area (TPSA) is 15.3 Å². The van der Waals surface area contributed by atoms with E-state index in [0.717, 1.165) is 26.2 Å². The maximum absolute atomic E-state index is 3.52. The van der Waals surface area contributed by atoms with Crippen LogP contribution >= 0.6 is 15.9 Å². The van der Waals surface area contributed by atoms with Gasteiger partial charge < -0.3 is 5.32 Å². The molecule has 1 aliphatic heterocycles. The van der Waals surface area contributed by atoms with Crippen LogP contribution in [0.15, 0.2) is 28.7 Å². The molecule has 1 unspecified atom stereocenters. The average Bonchev–Trinajstić information content (AvgIpc) is 2.29. The molecule has 2 nitrogen and oxygen atoms in total. The number of halogens is 1. The molecule has 1 aliphatic rings. The van der Waals surface area contributed by atoms with Crippen LogP contribution in [0.5, 0.6) is 0 Å². The Balaban J connectivity index is 2.08. The zero-order valence-corrected chi connectivity index (χ0v) is 10.6. The van der Waals surface area contributed by atoms with E-state index in [1.165, 1.54) is 10.0 Å². The maximum Gasteiger partial charge on any atom is 0.0321 e. The minimum absolute atomic E-state index is 0.518. The third-order valence-corrected chi connectivity index (χ3v) is 3.52. The Morgan fingerprint density at radius 2 is 2.07 bits per heavy atom. The first kappa shape index (κ1) is 11.1. The first-order valence-corrected chi connectivity index (χ1v) is 6.27. The SMILES string of the molecule is CC(c1cccc(Br)c1)N1CCNCC1. The van der Waals surface area contributed by atoms with Gasteiger partial charge in [0.15, 0.2) is 0 Å². The van der Waals surface area contributed by atoms with Crippen molar-refractivity contribution in [1.82, 2.24) is 10.2 Å². The van der Waals surface area contributed by atoms with Crippen molar-refractivity contribution in [3.63, 3.8) is 0 Å². The second-order valence-corrected chi connectivity index (χ2v) is 4.93. The van der Waals surface area contributed by atoms with Gasteiger partial charge in [0.1, 0.15) is 0 Å².